The first-order chi connectivity index (χ1) is 8.60. The fraction of sp³-hybridized carbons (Fsp3) is 0.231. The van der Waals surface area contributed by atoms with E-state index in [-0.39, 0.29) is 11.9 Å². The first-order valence-corrected chi connectivity index (χ1v) is 5.55. The van der Waals surface area contributed by atoms with Crippen molar-refractivity contribution >= 4 is 5.69 Å². The number of nitrogens with zero attached hydrogens (tertiary/aromatic N) is 3. The zero-order chi connectivity index (χ0) is 13.1. The number of anilines is 1. The molecule has 18 heavy (non-hydrogen) atoms. The number of nitriles is 1. The third-order valence-electron chi connectivity index (χ3n) is 2.68. The Bertz CT molecular complexity index is 597. The lowest BCUT2D eigenvalue weighted by atomic mass is 10.1. The second kappa shape index (κ2) is 4.88. The van der Waals surface area contributed by atoms with Gasteiger partial charge in [0.15, 0.2) is 0 Å². The molecule has 0 amide bonds. The molecule has 1 aromatic heterocycles. The third kappa shape index (κ3) is 2.48. The highest BCUT2D eigenvalue weighted by atomic mass is 19.1. The molecule has 0 saturated heterocycles. The molecule has 92 valence electrons. The molecule has 0 saturated carbocycles. The second-order valence-electron chi connectivity index (χ2n) is 4.12. The highest BCUT2D eigenvalue weighted by Gasteiger charge is 2.12. The molecular formula is C13H13FN4. The van der Waals surface area contributed by atoms with E-state index in [1.165, 1.54) is 6.07 Å². The summed E-state index contributed by atoms with van der Waals surface area (Å²) < 4.78 is 15.5. The van der Waals surface area contributed by atoms with Gasteiger partial charge in [0, 0.05) is 18.8 Å². The average molecular weight is 244 g/mol. The van der Waals surface area contributed by atoms with E-state index in [9.17, 15) is 4.39 Å². The van der Waals surface area contributed by atoms with Gasteiger partial charge in [0.05, 0.1) is 29.6 Å². The Morgan fingerprint density at radius 3 is 2.83 bits per heavy atom. The van der Waals surface area contributed by atoms with Crippen LogP contribution in [0, 0.1) is 17.1 Å². The Labute approximate surface area is 105 Å². The molecule has 2 aromatic rings. The molecule has 0 spiro atoms. The van der Waals surface area contributed by atoms with Crippen molar-refractivity contribution in [3.63, 3.8) is 0 Å². The Hall–Kier alpha value is -2.35. The second-order valence-corrected chi connectivity index (χ2v) is 4.12. The van der Waals surface area contributed by atoms with Crippen LogP contribution in [0.3, 0.4) is 0 Å². The van der Waals surface area contributed by atoms with Crippen LogP contribution in [0.15, 0.2) is 30.6 Å². The molecular weight excluding hydrogens is 231 g/mol. The number of aromatic nitrogens is 2. The molecule has 0 fully saturated rings. The number of benzene rings is 1. The van der Waals surface area contributed by atoms with Gasteiger partial charge in [-0.25, -0.2) is 4.39 Å². The lowest BCUT2D eigenvalue weighted by Gasteiger charge is -2.14. The van der Waals surface area contributed by atoms with Crippen LogP contribution in [-0.4, -0.2) is 9.78 Å². The monoisotopic (exact) mass is 244 g/mol. The molecule has 0 unspecified atom stereocenters. The van der Waals surface area contributed by atoms with Crippen LogP contribution in [0.5, 0.6) is 0 Å². The molecule has 0 bridgehead atoms. The van der Waals surface area contributed by atoms with Crippen LogP contribution in [0.1, 0.15) is 24.1 Å². The maximum Gasteiger partial charge on any atom is 0.129 e. The molecule has 1 heterocycles. The van der Waals surface area contributed by atoms with Gasteiger partial charge in [0.1, 0.15) is 5.82 Å². The zero-order valence-corrected chi connectivity index (χ0v) is 10.2. The SMILES string of the molecule is C[C@H](Nc1cnn(C)c1)c1ccc(C#N)cc1F. The molecule has 0 aliphatic heterocycles. The van der Waals surface area contributed by atoms with E-state index in [2.05, 4.69) is 10.4 Å². The van der Waals surface area contributed by atoms with E-state index in [0.29, 0.717) is 11.1 Å². The van der Waals surface area contributed by atoms with Crippen LogP contribution in [0.25, 0.3) is 0 Å². The highest BCUT2D eigenvalue weighted by molar-refractivity contribution is 5.43. The quantitative estimate of drug-likeness (QED) is 0.902. The molecule has 0 aliphatic rings. The highest BCUT2D eigenvalue weighted by Crippen LogP contribution is 2.22. The van der Waals surface area contributed by atoms with E-state index in [0.717, 1.165) is 5.69 Å². The molecule has 1 atom stereocenters. The first kappa shape index (κ1) is 12.1. The van der Waals surface area contributed by atoms with Crippen molar-refractivity contribution in [2.75, 3.05) is 5.32 Å². The first-order valence-electron chi connectivity index (χ1n) is 5.55. The largest absolute Gasteiger partial charge is 0.376 e. The molecule has 0 radical (unpaired) electrons. The number of hydrogen-bond donors (Lipinski definition) is 1. The van der Waals surface area contributed by atoms with Crippen molar-refractivity contribution in [2.45, 2.75) is 13.0 Å². The van der Waals surface area contributed by atoms with Crippen molar-refractivity contribution in [3.05, 3.63) is 47.5 Å². The van der Waals surface area contributed by atoms with Crippen LogP contribution >= 0.6 is 0 Å². The predicted octanol–water partition coefficient (Wildman–Crippen LogP) is 2.60. The van der Waals surface area contributed by atoms with Gasteiger partial charge in [0.25, 0.3) is 0 Å². The number of nitrogens with one attached hydrogen (secondary N) is 1. The predicted molar refractivity (Wildman–Crippen MR) is 66.4 cm³/mol. The number of rotatable bonds is 3. The van der Waals surface area contributed by atoms with Gasteiger partial charge >= 0.3 is 0 Å². The van der Waals surface area contributed by atoms with E-state index in [1.54, 1.807) is 23.0 Å². The normalized spacial score (nSPS) is 11.9. The van der Waals surface area contributed by atoms with Crippen molar-refractivity contribution in [1.82, 2.24) is 9.78 Å². The summed E-state index contributed by atoms with van der Waals surface area (Å²) >= 11 is 0. The molecule has 4 nitrogen and oxygen atoms in total. The average Bonchev–Trinajstić information content (AvgIpc) is 2.74. The topological polar surface area (TPSA) is 53.6 Å². The van der Waals surface area contributed by atoms with Crippen LogP contribution in [-0.2, 0) is 7.05 Å². The molecule has 5 heteroatoms. The van der Waals surface area contributed by atoms with Gasteiger partial charge < -0.3 is 5.32 Å². The summed E-state index contributed by atoms with van der Waals surface area (Å²) in [6, 6.07) is 6.21. The molecule has 0 aliphatic carbocycles. The maximum atomic E-state index is 13.8. The van der Waals surface area contributed by atoms with Gasteiger partial charge in [-0.15, -0.1) is 0 Å². The van der Waals surface area contributed by atoms with Crippen molar-refractivity contribution in [1.29, 1.82) is 5.26 Å². The number of hydrogen-bond acceptors (Lipinski definition) is 3. The third-order valence-corrected chi connectivity index (χ3v) is 2.68. The standard InChI is InChI=1S/C13H13FN4/c1-9(17-11-7-16-18(2)8-11)12-4-3-10(6-15)5-13(12)14/h3-5,7-9,17H,1-2H3/t9-/m0/s1. The summed E-state index contributed by atoms with van der Waals surface area (Å²) in [4.78, 5) is 0. The Morgan fingerprint density at radius 2 is 2.28 bits per heavy atom. The lowest BCUT2D eigenvalue weighted by Crippen LogP contribution is -2.08. The number of halogens is 1. The van der Waals surface area contributed by atoms with E-state index < -0.39 is 0 Å². The molecule has 1 aromatic carbocycles. The minimum Gasteiger partial charge on any atom is -0.376 e. The zero-order valence-electron chi connectivity index (χ0n) is 10.2. The van der Waals surface area contributed by atoms with Gasteiger partial charge in [-0.05, 0) is 19.1 Å². The summed E-state index contributed by atoms with van der Waals surface area (Å²) in [6.07, 6.45) is 3.50. The van der Waals surface area contributed by atoms with Crippen LogP contribution in [0.4, 0.5) is 10.1 Å². The summed E-state index contributed by atoms with van der Waals surface area (Å²) in [6.45, 7) is 1.86. The maximum absolute atomic E-state index is 13.8. The Balaban J connectivity index is 2.19. The summed E-state index contributed by atoms with van der Waals surface area (Å²) in [5.41, 5.74) is 1.68. The number of aryl methyl sites for hydroxylation is 1. The van der Waals surface area contributed by atoms with Crippen LogP contribution < -0.4 is 5.32 Å². The Morgan fingerprint density at radius 1 is 1.50 bits per heavy atom. The van der Waals surface area contributed by atoms with Crippen LogP contribution in [0.2, 0.25) is 0 Å². The molecule has 2 rings (SSSR count). The minimum absolute atomic E-state index is 0.193. The fourth-order valence-corrected chi connectivity index (χ4v) is 1.77. The Kier molecular flexibility index (Phi) is 3.28. The van der Waals surface area contributed by atoms with Crippen molar-refractivity contribution < 1.29 is 4.39 Å². The van der Waals surface area contributed by atoms with E-state index >= 15 is 0 Å². The van der Waals surface area contributed by atoms with Gasteiger partial charge in [-0.1, -0.05) is 6.07 Å². The van der Waals surface area contributed by atoms with E-state index in [4.69, 9.17) is 5.26 Å². The lowest BCUT2D eigenvalue weighted by molar-refractivity contribution is 0.600. The van der Waals surface area contributed by atoms with Crippen molar-refractivity contribution in [3.8, 4) is 6.07 Å². The van der Waals surface area contributed by atoms with E-state index in [1.807, 2.05) is 26.2 Å². The fourth-order valence-electron chi connectivity index (χ4n) is 1.77. The molecule has 1 N–H and O–H groups in total. The van der Waals surface area contributed by atoms with Gasteiger partial charge in [0.2, 0.25) is 0 Å². The summed E-state index contributed by atoms with van der Waals surface area (Å²) in [7, 11) is 1.82. The summed E-state index contributed by atoms with van der Waals surface area (Å²) in [5.74, 6) is -0.377. The van der Waals surface area contributed by atoms with Gasteiger partial charge in [-0.2, -0.15) is 10.4 Å². The smallest absolute Gasteiger partial charge is 0.129 e. The minimum atomic E-state index is -0.377. The van der Waals surface area contributed by atoms with Crippen molar-refractivity contribution in [2.24, 2.45) is 7.05 Å². The summed E-state index contributed by atoms with van der Waals surface area (Å²) in [5, 5.41) is 15.9. The van der Waals surface area contributed by atoms with Gasteiger partial charge in [-0.3, -0.25) is 4.68 Å².